The lowest BCUT2D eigenvalue weighted by Crippen LogP contribution is -2.10. The number of rotatable bonds is 2. The Balaban J connectivity index is 2.01. The van der Waals surface area contributed by atoms with Crippen molar-refractivity contribution < 1.29 is 4.42 Å². The molecule has 0 saturated heterocycles. The van der Waals surface area contributed by atoms with Gasteiger partial charge in [0.1, 0.15) is 15.9 Å². The van der Waals surface area contributed by atoms with Crippen LogP contribution >= 0.6 is 39.1 Å². The Morgan fingerprint density at radius 3 is 2.81 bits per heavy atom. The van der Waals surface area contributed by atoms with Gasteiger partial charge in [-0.15, -0.1) is 0 Å². The second kappa shape index (κ2) is 6.50. The zero-order valence-corrected chi connectivity index (χ0v) is 16.3. The standard InChI is InChI=1S/C17H9BrCl2N4O2/c1-8-5-9(19)6-10-14(8)26-17(22-16(10)25)12-7-13(18)23-24(12)15-11(20)3-2-4-21-15/h2-7H,1H3. The van der Waals surface area contributed by atoms with Gasteiger partial charge in [-0.25, -0.2) is 9.67 Å². The molecule has 0 aliphatic heterocycles. The van der Waals surface area contributed by atoms with Gasteiger partial charge in [0, 0.05) is 17.3 Å². The fraction of sp³-hybridized carbons (Fsp3) is 0.0588. The first-order valence-corrected chi connectivity index (χ1v) is 8.97. The molecule has 26 heavy (non-hydrogen) atoms. The Labute approximate surface area is 165 Å². The number of aromatic nitrogens is 4. The van der Waals surface area contributed by atoms with Crippen LogP contribution in [0.3, 0.4) is 0 Å². The Bertz CT molecular complexity index is 1220. The number of hydrogen-bond acceptors (Lipinski definition) is 5. The fourth-order valence-electron chi connectivity index (χ4n) is 2.60. The highest BCUT2D eigenvalue weighted by Crippen LogP contribution is 2.29. The molecule has 0 radical (unpaired) electrons. The van der Waals surface area contributed by atoms with Crippen LogP contribution in [0.1, 0.15) is 5.56 Å². The maximum Gasteiger partial charge on any atom is 0.284 e. The molecule has 0 N–H and O–H groups in total. The predicted molar refractivity (Wildman–Crippen MR) is 103 cm³/mol. The number of aryl methyl sites for hydroxylation is 1. The van der Waals surface area contributed by atoms with Gasteiger partial charge in [-0.05, 0) is 52.7 Å². The number of pyridine rings is 1. The minimum absolute atomic E-state index is 0.104. The average molecular weight is 452 g/mol. The third-order valence-electron chi connectivity index (χ3n) is 3.71. The first-order valence-electron chi connectivity index (χ1n) is 7.42. The van der Waals surface area contributed by atoms with Crippen LogP contribution in [0.25, 0.3) is 28.4 Å². The van der Waals surface area contributed by atoms with Gasteiger partial charge >= 0.3 is 0 Å². The summed E-state index contributed by atoms with van der Waals surface area (Å²) in [6.07, 6.45) is 1.59. The van der Waals surface area contributed by atoms with E-state index in [-0.39, 0.29) is 5.89 Å². The summed E-state index contributed by atoms with van der Waals surface area (Å²) in [7, 11) is 0. The topological polar surface area (TPSA) is 73.8 Å². The van der Waals surface area contributed by atoms with Crippen LogP contribution in [-0.4, -0.2) is 19.7 Å². The van der Waals surface area contributed by atoms with Gasteiger partial charge in [0.2, 0.25) is 5.89 Å². The van der Waals surface area contributed by atoms with Crippen molar-refractivity contribution in [3.63, 3.8) is 0 Å². The molecule has 0 spiro atoms. The van der Waals surface area contributed by atoms with Gasteiger partial charge in [0.15, 0.2) is 5.82 Å². The molecular formula is C17H9BrCl2N4O2. The van der Waals surface area contributed by atoms with E-state index in [2.05, 4.69) is 31.0 Å². The first-order chi connectivity index (χ1) is 12.4. The molecule has 0 fully saturated rings. The van der Waals surface area contributed by atoms with Crippen molar-refractivity contribution in [2.75, 3.05) is 0 Å². The molecule has 9 heteroatoms. The van der Waals surface area contributed by atoms with Gasteiger partial charge < -0.3 is 4.42 Å². The van der Waals surface area contributed by atoms with Crippen LogP contribution in [0.15, 0.2) is 50.3 Å². The molecule has 4 rings (SSSR count). The minimum atomic E-state index is -0.442. The van der Waals surface area contributed by atoms with E-state index in [4.69, 9.17) is 27.6 Å². The molecule has 130 valence electrons. The van der Waals surface area contributed by atoms with E-state index in [1.807, 2.05) is 6.92 Å². The molecule has 0 unspecified atom stereocenters. The average Bonchev–Trinajstić information content (AvgIpc) is 2.97. The quantitative estimate of drug-likeness (QED) is 0.437. The van der Waals surface area contributed by atoms with Crippen LogP contribution in [0.4, 0.5) is 0 Å². The van der Waals surface area contributed by atoms with E-state index >= 15 is 0 Å². The van der Waals surface area contributed by atoms with Crippen LogP contribution in [0, 0.1) is 6.92 Å². The molecule has 0 amide bonds. The molecule has 0 aliphatic rings. The molecule has 0 saturated carbocycles. The molecule has 4 aromatic rings. The Kier molecular flexibility index (Phi) is 4.30. The largest absolute Gasteiger partial charge is 0.436 e. The predicted octanol–water partition coefficient (Wildman–Crippen LogP) is 4.81. The van der Waals surface area contributed by atoms with Gasteiger partial charge in [-0.1, -0.05) is 23.2 Å². The van der Waals surface area contributed by atoms with Crippen molar-refractivity contribution in [3.05, 3.63) is 67.1 Å². The summed E-state index contributed by atoms with van der Waals surface area (Å²) in [5.74, 6) is 0.500. The van der Waals surface area contributed by atoms with Gasteiger partial charge in [-0.3, -0.25) is 4.79 Å². The van der Waals surface area contributed by atoms with Crippen molar-refractivity contribution in [1.29, 1.82) is 0 Å². The maximum absolute atomic E-state index is 12.5. The van der Waals surface area contributed by atoms with E-state index in [0.29, 0.717) is 37.1 Å². The van der Waals surface area contributed by atoms with Crippen LogP contribution in [-0.2, 0) is 0 Å². The van der Waals surface area contributed by atoms with Gasteiger partial charge in [-0.2, -0.15) is 10.1 Å². The number of benzene rings is 1. The summed E-state index contributed by atoms with van der Waals surface area (Å²) >= 11 is 15.6. The molecule has 1 aromatic carbocycles. The van der Waals surface area contributed by atoms with Crippen LogP contribution in [0.2, 0.25) is 10.0 Å². The summed E-state index contributed by atoms with van der Waals surface area (Å²) in [5.41, 5.74) is 1.14. The van der Waals surface area contributed by atoms with Gasteiger partial charge in [0.25, 0.3) is 5.56 Å². The van der Waals surface area contributed by atoms with Crippen molar-refractivity contribution in [3.8, 4) is 17.4 Å². The third-order valence-corrected chi connectivity index (χ3v) is 4.61. The molecule has 0 aliphatic carbocycles. The fourth-order valence-corrected chi connectivity index (χ4v) is 3.45. The molecular weight excluding hydrogens is 443 g/mol. The zero-order valence-electron chi connectivity index (χ0n) is 13.2. The maximum atomic E-state index is 12.5. The lowest BCUT2D eigenvalue weighted by atomic mass is 10.2. The van der Waals surface area contributed by atoms with Crippen molar-refractivity contribution in [2.24, 2.45) is 0 Å². The third kappa shape index (κ3) is 2.92. The SMILES string of the molecule is Cc1cc(Cl)cc2c(=O)nc(-c3cc(Br)nn3-c3ncccc3Cl)oc12. The van der Waals surface area contributed by atoms with Crippen molar-refractivity contribution in [2.45, 2.75) is 6.92 Å². The van der Waals surface area contributed by atoms with E-state index in [1.165, 1.54) is 10.7 Å². The highest BCUT2D eigenvalue weighted by atomic mass is 79.9. The number of hydrogen-bond donors (Lipinski definition) is 0. The lowest BCUT2D eigenvalue weighted by Gasteiger charge is -2.08. The molecule has 3 heterocycles. The molecule has 3 aromatic heterocycles. The van der Waals surface area contributed by atoms with E-state index < -0.39 is 5.56 Å². The monoisotopic (exact) mass is 450 g/mol. The summed E-state index contributed by atoms with van der Waals surface area (Å²) in [6, 6.07) is 8.34. The second-order valence-electron chi connectivity index (χ2n) is 5.50. The lowest BCUT2D eigenvalue weighted by molar-refractivity contribution is 0.585. The molecule has 6 nitrogen and oxygen atoms in total. The summed E-state index contributed by atoms with van der Waals surface area (Å²) in [4.78, 5) is 20.8. The van der Waals surface area contributed by atoms with Crippen LogP contribution in [0.5, 0.6) is 0 Å². The van der Waals surface area contributed by atoms with Gasteiger partial charge in [0.05, 0.1) is 10.4 Å². The normalized spacial score (nSPS) is 11.2. The van der Waals surface area contributed by atoms with Crippen molar-refractivity contribution >= 4 is 50.1 Å². The molecule has 0 bridgehead atoms. The van der Waals surface area contributed by atoms with E-state index in [9.17, 15) is 4.79 Å². The van der Waals surface area contributed by atoms with E-state index in [1.54, 1.807) is 30.5 Å². The number of fused-ring (bicyclic) bond motifs is 1. The number of halogens is 3. The minimum Gasteiger partial charge on any atom is -0.436 e. The smallest absolute Gasteiger partial charge is 0.284 e. The second-order valence-corrected chi connectivity index (χ2v) is 7.15. The summed E-state index contributed by atoms with van der Waals surface area (Å²) in [6.45, 7) is 1.81. The molecule has 0 atom stereocenters. The van der Waals surface area contributed by atoms with Crippen molar-refractivity contribution in [1.82, 2.24) is 19.7 Å². The highest BCUT2D eigenvalue weighted by molar-refractivity contribution is 9.10. The zero-order chi connectivity index (χ0) is 18.4. The first kappa shape index (κ1) is 17.2. The van der Waals surface area contributed by atoms with E-state index in [0.717, 1.165) is 5.56 Å². The summed E-state index contributed by atoms with van der Waals surface area (Å²) in [5, 5.41) is 5.49. The number of nitrogens with zero attached hydrogens (tertiary/aromatic N) is 4. The van der Waals surface area contributed by atoms with Crippen LogP contribution < -0.4 is 5.56 Å². The Hall–Kier alpha value is -2.22. The summed E-state index contributed by atoms with van der Waals surface area (Å²) < 4.78 is 7.89. The highest BCUT2D eigenvalue weighted by Gasteiger charge is 2.19. The Morgan fingerprint density at radius 2 is 2.04 bits per heavy atom. The Morgan fingerprint density at radius 1 is 1.23 bits per heavy atom.